The van der Waals surface area contributed by atoms with Gasteiger partial charge in [0.2, 0.25) is 0 Å². The molecule has 0 amide bonds. The van der Waals surface area contributed by atoms with Gasteiger partial charge in [-0.3, -0.25) is 0 Å². The van der Waals surface area contributed by atoms with Gasteiger partial charge in [-0.2, -0.15) is 0 Å². The Morgan fingerprint density at radius 3 is 3.00 bits per heavy atom. The van der Waals surface area contributed by atoms with Crippen molar-refractivity contribution in [1.29, 1.82) is 0 Å². The predicted octanol–water partition coefficient (Wildman–Crippen LogP) is 5.21. The molecule has 1 aliphatic rings. The Balaban J connectivity index is 1.84. The lowest BCUT2D eigenvalue weighted by Crippen LogP contribution is -2.05. The molecular formula is C12H16Br2OS. The van der Waals surface area contributed by atoms with Crippen molar-refractivity contribution in [2.45, 2.75) is 43.5 Å². The molecule has 1 aromatic heterocycles. The van der Waals surface area contributed by atoms with E-state index in [2.05, 4.69) is 44.8 Å². The van der Waals surface area contributed by atoms with Gasteiger partial charge in [-0.05, 0) is 60.2 Å². The van der Waals surface area contributed by atoms with Crippen LogP contribution in [-0.4, -0.2) is 12.7 Å². The molecule has 1 aromatic rings. The van der Waals surface area contributed by atoms with Gasteiger partial charge >= 0.3 is 0 Å². The maximum Gasteiger partial charge on any atom is 0.0730 e. The molecule has 0 aromatic carbocycles. The number of hydrogen-bond donors (Lipinski definition) is 0. The van der Waals surface area contributed by atoms with Gasteiger partial charge in [-0.25, -0.2) is 0 Å². The molecule has 0 N–H and O–H groups in total. The molecule has 90 valence electrons. The summed E-state index contributed by atoms with van der Waals surface area (Å²) in [4.78, 5) is 1.90. The lowest BCUT2D eigenvalue weighted by atomic mass is 10.1. The maximum absolute atomic E-state index is 5.64. The Morgan fingerprint density at radius 1 is 1.62 bits per heavy atom. The van der Waals surface area contributed by atoms with Crippen LogP contribution in [0.3, 0.4) is 0 Å². The number of hydrogen-bond acceptors (Lipinski definition) is 2. The Kier molecular flexibility index (Phi) is 4.89. The average Bonchev–Trinajstić information content (AvgIpc) is 2.86. The SMILES string of the molecule is Cc1cc(C(Br)CCC2CCCO2)sc1Br. The first-order valence-corrected chi connectivity index (χ1v) is 8.21. The van der Waals surface area contributed by atoms with Crippen molar-refractivity contribution in [2.24, 2.45) is 0 Å². The fourth-order valence-electron chi connectivity index (χ4n) is 1.98. The molecule has 0 aliphatic carbocycles. The van der Waals surface area contributed by atoms with Gasteiger partial charge in [-0.15, -0.1) is 11.3 Å². The first-order valence-electron chi connectivity index (χ1n) is 5.68. The number of alkyl halides is 1. The summed E-state index contributed by atoms with van der Waals surface area (Å²) in [5, 5.41) is 0. The summed E-state index contributed by atoms with van der Waals surface area (Å²) < 4.78 is 6.90. The van der Waals surface area contributed by atoms with Crippen LogP contribution in [0.25, 0.3) is 0 Å². The van der Waals surface area contributed by atoms with Gasteiger partial charge < -0.3 is 4.74 Å². The molecule has 2 rings (SSSR count). The standard InChI is InChI=1S/C12H16Br2OS/c1-8-7-11(16-12(8)14)10(13)5-4-9-3-2-6-15-9/h7,9-10H,2-6H2,1H3. The molecule has 2 heterocycles. The van der Waals surface area contributed by atoms with Crippen LogP contribution in [0.4, 0.5) is 0 Å². The monoisotopic (exact) mass is 366 g/mol. The average molecular weight is 368 g/mol. The van der Waals surface area contributed by atoms with E-state index in [9.17, 15) is 0 Å². The predicted molar refractivity (Wildman–Crippen MR) is 76.6 cm³/mol. The second-order valence-corrected chi connectivity index (χ2v) is 7.79. The fraction of sp³-hybridized carbons (Fsp3) is 0.667. The summed E-state index contributed by atoms with van der Waals surface area (Å²) >= 11 is 9.18. The molecule has 2 atom stereocenters. The van der Waals surface area contributed by atoms with Crippen molar-refractivity contribution in [3.63, 3.8) is 0 Å². The molecule has 1 nitrogen and oxygen atoms in total. The Bertz CT molecular complexity index is 325. The molecule has 1 fully saturated rings. The molecule has 2 unspecified atom stereocenters. The van der Waals surface area contributed by atoms with Gasteiger partial charge in [0.15, 0.2) is 0 Å². The van der Waals surface area contributed by atoms with E-state index in [1.54, 1.807) is 0 Å². The van der Waals surface area contributed by atoms with E-state index in [0.717, 1.165) is 13.0 Å². The van der Waals surface area contributed by atoms with Crippen LogP contribution in [0.15, 0.2) is 9.85 Å². The van der Waals surface area contributed by atoms with E-state index in [-0.39, 0.29) is 0 Å². The third-order valence-corrected chi connectivity index (χ3v) is 6.46. The normalized spacial score (nSPS) is 22.6. The molecule has 0 saturated carbocycles. The molecule has 0 spiro atoms. The van der Waals surface area contributed by atoms with Gasteiger partial charge in [0.05, 0.1) is 9.89 Å². The van der Waals surface area contributed by atoms with E-state index < -0.39 is 0 Å². The largest absolute Gasteiger partial charge is 0.378 e. The Morgan fingerprint density at radius 2 is 2.44 bits per heavy atom. The highest BCUT2D eigenvalue weighted by Gasteiger charge is 2.18. The van der Waals surface area contributed by atoms with Crippen molar-refractivity contribution >= 4 is 43.2 Å². The van der Waals surface area contributed by atoms with Crippen LogP contribution in [0.2, 0.25) is 0 Å². The van der Waals surface area contributed by atoms with Crippen LogP contribution >= 0.6 is 43.2 Å². The summed E-state index contributed by atoms with van der Waals surface area (Å²) in [5.41, 5.74) is 1.33. The Labute approximate surface area is 118 Å². The molecular weight excluding hydrogens is 352 g/mol. The highest BCUT2D eigenvalue weighted by Crippen LogP contribution is 2.38. The molecule has 1 aliphatic heterocycles. The van der Waals surface area contributed by atoms with E-state index in [1.807, 2.05) is 11.3 Å². The number of aryl methyl sites for hydroxylation is 1. The minimum Gasteiger partial charge on any atom is -0.378 e. The lowest BCUT2D eigenvalue weighted by molar-refractivity contribution is 0.102. The van der Waals surface area contributed by atoms with Gasteiger partial charge in [-0.1, -0.05) is 15.9 Å². The number of halogens is 2. The number of ether oxygens (including phenoxy) is 1. The minimum absolute atomic E-state index is 0.478. The van der Waals surface area contributed by atoms with Crippen LogP contribution in [0.5, 0.6) is 0 Å². The first-order chi connectivity index (χ1) is 7.66. The molecule has 1 saturated heterocycles. The third kappa shape index (κ3) is 3.31. The lowest BCUT2D eigenvalue weighted by Gasteiger charge is -2.11. The smallest absolute Gasteiger partial charge is 0.0730 e. The third-order valence-electron chi connectivity index (χ3n) is 2.95. The highest BCUT2D eigenvalue weighted by atomic mass is 79.9. The molecule has 16 heavy (non-hydrogen) atoms. The minimum atomic E-state index is 0.478. The summed E-state index contributed by atoms with van der Waals surface area (Å²) in [6.07, 6.45) is 5.32. The maximum atomic E-state index is 5.64. The molecule has 4 heteroatoms. The van der Waals surface area contributed by atoms with Crippen LogP contribution in [0.1, 0.15) is 41.0 Å². The van der Waals surface area contributed by atoms with E-state index in [4.69, 9.17) is 4.74 Å². The zero-order valence-electron chi connectivity index (χ0n) is 9.34. The number of rotatable bonds is 4. The number of thiophene rings is 1. The quantitative estimate of drug-likeness (QED) is 0.663. The molecule has 0 bridgehead atoms. The molecule has 0 radical (unpaired) electrons. The summed E-state index contributed by atoms with van der Waals surface area (Å²) in [6.45, 7) is 3.10. The van der Waals surface area contributed by atoms with Crippen LogP contribution < -0.4 is 0 Å². The first kappa shape index (κ1) is 13.1. The summed E-state index contributed by atoms with van der Waals surface area (Å²) in [5.74, 6) is 0. The van der Waals surface area contributed by atoms with Gasteiger partial charge in [0.1, 0.15) is 0 Å². The van der Waals surface area contributed by atoms with Gasteiger partial charge in [0, 0.05) is 16.3 Å². The zero-order chi connectivity index (χ0) is 11.5. The van der Waals surface area contributed by atoms with Gasteiger partial charge in [0.25, 0.3) is 0 Å². The van der Waals surface area contributed by atoms with E-state index >= 15 is 0 Å². The van der Waals surface area contributed by atoms with Crippen LogP contribution in [0, 0.1) is 6.92 Å². The second-order valence-electron chi connectivity index (χ2n) is 4.29. The van der Waals surface area contributed by atoms with Crippen molar-refractivity contribution in [2.75, 3.05) is 6.61 Å². The van der Waals surface area contributed by atoms with Crippen molar-refractivity contribution in [3.05, 3.63) is 20.3 Å². The Hall–Kier alpha value is 0.620. The summed E-state index contributed by atoms with van der Waals surface area (Å²) in [7, 11) is 0. The second kappa shape index (κ2) is 5.98. The highest BCUT2D eigenvalue weighted by molar-refractivity contribution is 9.11. The van der Waals surface area contributed by atoms with E-state index in [0.29, 0.717) is 10.9 Å². The fourth-order valence-corrected chi connectivity index (χ4v) is 4.24. The van der Waals surface area contributed by atoms with Crippen molar-refractivity contribution in [3.8, 4) is 0 Å². The van der Waals surface area contributed by atoms with E-state index in [1.165, 1.54) is 33.5 Å². The summed E-state index contributed by atoms with van der Waals surface area (Å²) in [6, 6.07) is 2.27. The topological polar surface area (TPSA) is 9.23 Å². The van der Waals surface area contributed by atoms with Crippen molar-refractivity contribution < 1.29 is 4.74 Å². The zero-order valence-corrected chi connectivity index (χ0v) is 13.3. The van der Waals surface area contributed by atoms with Crippen LogP contribution in [-0.2, 0) is 4.74 Å². The van der Waals surface area contributed by atoms with Crippen molar-refractivity contribution in [1.82, 2.24) is 0 Å².